The van der Waals surface area contributed by atoms with Crippen LogP contribution < -0.4 is 10.1 Å². The van der Waals surface area contributed by atoms with E-state index in [0.717, 1.165) is 25.3 Å². The Balaban J connectivity index is 1.46. The van der Waals surface area contributed by atoms with Crippen molar-refractivity contribution in [3.8, 4) is 5.75 Å². The van der Waals surface area contributed by atoms with E-state index >= 15 is 0 Å². The van der Waals surface area contributed by atoms with Gasteiger partial charge in [-0.1, -0.05) is 78.9 Å². The molecular weight excluding hydrogens is 380 g/mol. The zero-order chi connectivity index (χ0) is 21.3. The van der Waals surface area contributed by atoms with E-state index in [1.54, 1.807) is 7.11 Å². The van der Waals surface area contributed by atoms with Gasteiger partial charge in [-0.15, -0.1) is 0 Å². The second kappa shape index (κ2) is 11.1. The first-order valence-electron chi connectivity index (χ1n) is 11.5. The minimum absolute atomic E-state index is 0.403. The number of nitrogens with zero attached hydrogens (tertiary/aromatic N) is 1. The number of hydrogen-bond donors (Lipinski definition) is 1. The molecule has 1 aliphatic heterocycles. The predicted molar refractivity (Wildman–Crippen MR) is 128 cm³/mol. The summed E-state index contributed by atoms with van der Waals surface area (Å²) in [5.41, 5.74) is 4.07. The van der Waals surface area contributed by atoms with Crippen LogP contribution >= 0.6 is 0 Å². The highest BCUT2D eigenvalue weighted by Gasteiger charge is 2.32. The summed E-state index contributed by atoms with van der Waals surface area (Å²) in [7, 11) is 1.75. The highest BCUT2D eigenvalue weighted by molar-refractivity contribution is 5.33. The summed E-state index contributed by atoms with van der Waals surface area (Å²) in [4.78, 5) is 2.70. The molecule has 3 aromatic rings. The quantitative estimate of drug-likeness (QED) is 0.492. The van der Waals surface area contributed by atoms with E-state index in [1.807, 2.05) is 12.1 Å². The third kappa shape index (κ3) is 5.75. The predicted octanol–water partition coefficient (Wildman–Crippen LogP) is 5.62. The molecule has 3 aromatic carbocycles. The summed E-state index contributed by atoms with van der Waals surface area (Å²) in [5.74, 6) is 0.960. The van der Waals surface area contributed by atoms with Crippen LogP contribution in [0, 0.1) is 0 Å². The maximum atomic E-state index is 5.56. The van der Waals surface area contributed by atoms with Gasteiger partial charge in [0, 0.05) is 18.2 Å². The van der Waals surface area contributed by atoms with Crippen molar-refractivity contribution < 1.29 is 4.74 Å². The zero-order valence-corrected chi connectivity index (χ0v) is 18.5. The number of nitrogens with one attached hydrogen (secondary N) is 1. The second-order valence-corrected chi connectivity index (χ2v) is 8.42. The number of methoxy groups -OCH3 is 1. The van der Waals surface area contributed by atoms with Crippen LogP contribution in [0.3, 0.4) is 0 Å². The van der Waals surface area contributed by atoms with Gasteiger partial charge in [-0.3, -0.25) is 4.90 Å². The van der Waals surface area contributed by atoms with E-state index in [-0.39, 0.29) is 0 Å². The van der Waals surface area contributed by atoms with Crippen LogP contribution in [0.25, 0.3) is 0 Å². The molecule has 1 aliphatic rings. The third-order valence-electron chi connectivity index (χ3n) is 6.38. The standard InChI is InChI=1S/C28H34N2O/c1-31-27-19-9-8-17-25(27)22-29-26-18-11-21-30(28(26)24-15-6-3-7-16-24)20-10-14-23-12-4-2-5-13-23/h2-9,12-13,15-17,19,26,28-29H,10-11,14,18,20-22H2,1H3/t26-,28-/m0/s1. The van der Waals surface area contributed by atoms with Crippen molar-refractivity contribution in [1.82, 2.24) is 10.2 Å². The Morgan fingerprint density at radius 1 is 0.903 bits per heavy atom. The van der Waals surface area contributed by atoms with Crippen LogP contribution in [0.1, 0.15) is 42.0 Å². The van der Waals surface area contributed by atoms with Gasteiger partial charge >= 0.3 is 0 Å². The zero-order valence-electron chi connectivity index (χ0n) is 18.5. The first kappa shape index (κ1) is 21.6. The minimum atomic E-state index is 0.403. The lowest BCUT2D eigenvalue weighted by Crippen LogP contribution is -2.48. The van der Waals surface area contributed by atoms with Crippen molar-refractivity contribution in [2.45, 2.75) is 44.3 Å². The van der Waals surface area contributed by atoms with Gasteiger partial charge in [-0.25, -0.2) is 0 Å². The van der Waals surface area contributed by atoms with Gasteiger partial charge < -0.3 is 10.1 Å². The Morgan fingerprint density at radius 2 is 1.61 bits per heavy atom. The molecular formula is C28H34N2O. The normalized spacial score (nSPS) is 19.3. The topological polar surface area (TPSA) is 24.5 Å². The number of hydrogen-bond acceptors (Lipinski definition) is 3. The van der Waals surface area contributed by atoms with E-state index in [2.05, 4.69) is 83.0 Å². The van der Waals surface area contributed by atoms with Crippen LogP contribution in [-0.2, 0) is 13.0 Å². The molecule has 1 heterocycles. The summed E-state index contributed by atoms with van der Waals surface area (Å²) in [5, 5.41) is 3.88. The van der Waals surface area contributed by atoms with Crippen molar-refractivity contribution in [3.05, 3.63) is 102 Å². The highest BCUT2D eigenvalue weighted by Crippen LogP contribution is 2.32. The number of piperidine rings is 1. The van der Waals surface area contributed by atoms with E-state index in [1.165, 1.54) is 42.5 Å². The summed E-state index contributed by atoms with van der Waals surface area (Å²) in [6.07, 6.45) is 4.76. The molecule has 162 valence electrons. The molecule has 0 saturated carbocycles. The van der Waals surface area contributed by atoms with Gasteiger partial charge in [0.05, 0.1) is 13.2 Å². The van der Waals surface area contributed by atoms with Crippen LogP contribution in [0.2, 0.25) is 0 Å². The Morgan fingerprint density at radius 3 is 2.39 bits per heavy atom. The number of para-hydroxylation sites is 1. The Hall–Kier alpha value is -2.62. The lowest BCUT2D eigenvalue weighted by atomic mass is 9.89. The van der Waals surface area contributed by atoms with Crippen molar-refractivity contribution in [1.29, 1.82) is 0 Å². The van der Waals surface area contributed by atoms with Crippen molar-refractivity contribution in [2.75, 3.05) is 20.2 Å². The summed E-state index contributed by atoms with van der Waals surface area (Å²) in [6.45, 7) is 3.12. The summed E-state index contributed by atoms with van der Waals surface area (Å²) in [6, 6.07) is 31.0. The molecule has 0 aromatic heterocycles. The SMILES string of the molecule is COc1ccccc1CN[C@H]1CCCN(CCCc2ccccc2)[C@H]1c1ccccc1. The maximum Gasteiger partial charge on any atom is 0.123 e. The average Bonchev–Trinajstić information content (AvgIpc) is 2.84. The molecule has 0 bridgehead atoms. The number of aryl methyl sites for hydroxylation is 1. The number of rotatable bonds is 9. The number of ether oxygens (including phenoxy) is 1. The first-order valence-corrected chi connectivity index (χ1v) is 11.5. The van der Waals surface area contributed by atoms with Crippen molar-refractivity contribution >= 4 is 0 Å². The number of benzene rings is 3. The lowest BCUT2D eigenvalue weighted by molar-refractivity contribution is 0.109. The maximum absolute atomic E-state index is 5.56. The second-order valence-electron chi connectivity index (χ2n) is 8.42. The molecule has 3 nitrogen and oxygen atoms in total. The monoisotopic (exact) mass is 414 g/mol. The molecule has 2 atom stereocenters. The van der Waals surface area contributed by atoms with Gasteiger partial charge in [-0.05, 0) is 56.0 Å². The Kier molecular flexibility index (Phi) is 7.76. The first-order chi connectivity index (χ1) is 15.3. The molecule has 0 amide bonds. The van der Waals surface area contributed by atoms with E-state index in [4.69, 9.17) is 4.74 Å². The molecule has 31 heavy (non-hydrogen) atoms. The molecule has 0 unspecified atom stereocenters. The van der Waals surface area contributed by atoms with E-state index in [9.17, 15) is 0 Å². The fourth-order valence-electron chi connectivity index (χ4n) is 4.84. The van der Waals surface area contributed by atoms with Gasteiger partial charge in [0.25, 0.3) is 0 Å². The molecule has 1 saturated heterocycles. The number of likely N-dealkylation sites (tertiary alicyclic amines) is 1. The smallest absolute Gasteiger partial charge is 0.123 e. The molecule has 3 heteroatoms. The fraction of sp³-hybridized carbons (Fsp3) is 0.357. The van der Waals surface area contributed by atoms with E-state index in [0.29, 0.717) is 12.1 Å². The molecule has 4 rings (SSSR count). The average molecular weight is 415 g/mol. The summed E-state index contributed by atoms with van der Waals surface area (Å²) < 4.78 is 5.56. The van der Waals surface area contributed by atoms with Crippen LogP contribution in [0.5, 0.6) is 5.75 Å². The van der Waals surface area contributed by atoms with Gasteiger partial charge in [0.2, 0.25) is 0 Å². The van der Waals surface area contributed by atoms with Gasteiger partial charge in [-0.2, -0.15) is 0 Å². The largest absolute Gasteiger partial charge is 0.496 e. The van der Waals surface area contributed by atoms with Crippen LogP contribution in [0.4, 0.5) is 0 Å². The highest BCUT2D eigenvalue weighted by atomic mass is 16.5. The molecule has 1 fully saturated rings. The lowest BCUT2D eigenvalue weighted by Gasteiger charge is -2.42. The molecule has 1 N–H and O–H groups in total. The molecule has 0 radical (unpaired) electrons. The third-order valence-corrected chi connectivity index (χ3v) is 6.38. The Labute approximate surface area is 187 Å². The van der Waals surface area contributed by atoms with Crippen LogP contribution in [-0.4, -0.2) is 31.1 Å². The van der Waals surface area contributed by atoms with Crippen LogP contribution in [0.15, 0.2) is 84.9 Å². The van der Waals surface area contributed by atoms with Gasteiger partial charge in [0.15, 0.2) is 0 Å². The molecule has 0 spiro atoms. The van der Waals surface area contributed by atoms with E-state index < -0.39 is 0 Å². The van der Waals surface area contributed by atoms with Crippen molar-refractivity contribution in [2.24, 2.45) is 0 Å². The minimum Gasteiger partial charge on any atom is -0.496 e. The fourth-order valence-corrected chi connectivity index (χ4v) is 4.84. The summed E-state index contributed by atoms with van der Waals surface area (Å²) >= 11 is 0. The van der Waals surface area contributed by atoms with Gasteiger partial charge in [0.1, 0.15) is 5.75 Å². The molecule has 0 aliphatic carbocycles. The van der Waals surface area contributed by atoms with Crippen molar-refractivity contribution in [3.63, 3.8) is 0 Å². The Bertz CT molecular complexity index is 913.